The lowest BCUT2D eigenvalue weighted by atomic mass is 9.81. The number of carbonyl (C=O) groups is 3. The SMILES string of the molecule is C[C@@H](O[Si](C)(C)C(C)(C)C)[C@H]1C(=O)N(CCOCc2ccc([N+](=O)[O-])cc2)[C@@H]1CC(=O)S[C@H]1CCN(C(=O)OCc2ccc([N+](=O)[O-])cc2)C1. The summed E-state index contributed by atoms with van der Waals surface area (Å²) in [6.07, 6.45) is -0.146. The standard InChI is InChI=1S/C34H46N4O10SSi/c1-23(48-50(5,6)34(2,3)4)31-29(36(32(31)40)17-18-46-21-24-7-11-26(12-8-24)37(42)43)19-30(39)49-28-15-16-35(20-28)33(41)47-22-25-9-13-27(14-10-25)38(44)45/h7-14,23,28-29,31H,15-22H2,1-6H3/t23-,28+,29-,31-/m1/s1. The van der Waals surface area contributed by atoms with Crippen LogP contribution in [-0.2, 0) is 36.7 Å². The molecule has 0 radical (unpaired) electrons. The number of thioether (sulfide) groups is 1. The van der Waals surface area contributed by atoms with E-state index in [1.165, 1.54) is 48.2 Å². The first kappa shape index (κ1) is 38.9. The second-order valence-electron chi connectivity index (χ2n) is 14.2. The Bertz CT molecular complexity index is 1550. The van der Waals surface area contributed by atoms with E-state index in [0.29, 0.717) is 25.1 Å². The molecule has 2 aromatic rings. The highest BCUT2D eigenvalue weighted by molar-refractivity contribution is 8.14. The Hall–Kier alpha value is -3.86. The summed E-state index contributed by atoms with van der Waals surface area (Å²) in [5, 5.41) is 21.5. The number of benzene rings is 2. The highest BCUT2D eigenvalue weighted by atomic mass is 32.2. The predicted molar refractivity (Wildman–Crippen MR) is 190 cm³/mol. The molecule has 0 spiro atoms. The molecule has 0 aliphatic carbocycles. The Balaban J connectivity index is 1.31. The summed E-state index contributed by atoms with van der Waals surface area (Å²) in [6, 6.07) is 11.5. The summed E-state index contributed by atoms with van der Waals surface area (Å²) in [6.45, 7) is 14.1. The van der Waals surface area contributed by atoms with E-state index >= 15 is 0 Å². The maximum Gasteiger partial charge on any atom is 0.410 e. The van der Waals surface area contributed by atoms with Gasteiger partial charge in [-0.1, -0.05) is 32.5 Å². The molecular formula is C34H46N4O10SSi. The van der Waals surface area contributed by atoms with Crippen molar-refractivity contribution in [2.75, 3.05) is 26.2 Å². The zero-order valence-electron chi connectivity index (χ0n) is 29.4. The number of β-lactam (4-membered cyclic amide) rings is 1. The predicted octanol–water partition coefficient (Wildman–Crippen LogP) is 6.32. The minimum atomic E-state index is -2.20. The van der Waals surface area contributed by atoms with Crippen LogP contribution in [0.25, 0.3) is 0 Å². The molecule has 16 heteroatoms. The van der Waals surface area contributed by atoms with E-state index in [-0.39, 0.29) is 77.6 Å². The van der Waals surface area contributed by atoms with Gasteiger partial charge < -0.3 is 23.7 Å². The van der Waals surface area contributed by atoms with Gasteiger partial charge in [0.2, 0.25) is 5.91 Å². The van der Waals surface area contributed by atoms with E-state index in [2.05, 4.69) is 33.9 Å². The molecule has 4 atom stereocenters. The normalized spacial score (nSPS) is 20.0. The lowest BCUT2D eigenvalue weighted by molar-refractivity contribution is -0.385. The second kappa shape index (κ2) is 16.4. The van der Waals surface area contributed by atoms with Crippen molar-refractivity contribution in [1.82, 2.24) is 9.80 Å². The van der Waals surface area contributed by atoms with Gasteiger partial charge in [-0.25, -0.2) is 4.79 Å². The first-order valence-electron chi connectivity index (χ1n) is 16.6. The zero-order valence-corrected chi connectivity index (χ0v) is 31.2. The van der Waals surface area contributed by atoms with Crippen molar-refractivity contribution in [2.24, 2.45) is 5.92 Å². The molecule has 0 unspecified atom stereocenters. The number of nitro groups is 2. The average molecular weight is 731 g/mol. The number of ether oxygens (including phenoxy) is 2. The van der Waals surface area contributed by atoms with Gasteiger partial charge in [0.05, 0.1) is 41.1 Å². The Morgan fingerprint density at radius 1 is 0.980 bits per heavy atom. The first-order valence-corrected chi connectivity index (χ1v) is 20.4. The number of nitrogens with zero attached hydrogens (tertiary/aromatic N) is 4. The summed E-state index contributed by atoms with van der Waals surface area (Å²) in [5.74, 6) is -0.557. The third-order valence-corrected chi connectivity index (χ3v) is 15.4. The molecule has 0 aromatic heterocycles. The zero-order chi connectivity index (χ0) is 36.8. The van der Waals surface area contributed by atoms with Crippen LogP contribution in [0.1, 0.15) is 51.7 Å². The fourth-order valence-electron chi connectivity index (χ4n) is 5.78. The lowest BCUT2D eigenvalue weighted by Gasteiger charge is -2.51. The fraction of sp³-hybridized carbons (Fsp3) is 0.559. The van der Waals surface area contributed by atoms with E-state index in [4.69, 9.17) is 13.9 Å². The molecule has 2 aliphatic heterocycles. The van der Waals surface area contributed by atoms with Crippen molar-refractivity contribution in [3.05, 3.63) is 79.9 Å². The minimum Gasteiger partial charge on any atom is -0.445 e. The number of hydrogen-bond acceptors (Lipinski definition) is 11. The Morgan fingerprint density at radius 2 is 1.54 bits per heavy atom. The summed E-state index contributed by atoms with van der Waals surface area (Å²) < 4.78 is 17.8. The molecule has 2 fully saturated rings. The third-order valence-electron chi connectivity index (χ3n) is 9.65. The topological polar surface area (TPSA) is 172 Å². The van der Waals surface area contributed by atoms with Crippen molar-refractivity contribution >= 4 is 48.6 Å². The van der Waals surface area contributed by atoms with Crippen LogP contribution >= 0.6 is 11.8 Å². The summed E-state index contributed by atoms with van der Waals surface area (Å²) >= 11 is 1.19. The number of hydrogen-bond donors (Lipinski definition) is 0. The maximum absolute atomic E-state index is 13.5. The highest BCUT2D eigenvalue weighted by Crippen LogP contribution is 2.41. The van der Waals surface area contributed by atoms with E-state index in [9.17, 15) is 34.6 Å². The van der Waals surface area contributed by atoms with Crippen LogP contribution in [0.4, 0.5) is 16.2 Å². The van der Waals surface area contributed by atoms with Gasteiger partial charge in [0, 0.05) is 55.6 Å². The smallest absolute Gasteiger partial charge is 0.410 e. The summed E-state index contributed by atoms with van der Waals surface area (Å²) in [7, 11) is -2.20. The van der Waals surface area contributed by atoms with Gasteiger partial charge in [0.1, 0.15) is 6.61 Å². The lowest BCUT2D eigenvalue weighted by Crippen LogP contribution is -2.66. The number of non-ortho nitro benzene ring substituents is 2. The minimum absolute atomic E-state index is 0.00434. The van der Waals surface area contributed by atoms with Crippen LogP contribution in [0.5, 0.6) is 0 Å². The van der Waals surface area contributed by atoms with Crippen molar-refractivity contribution in [3.63, 3.8) is 0 Å². The van der Waals surface area contributed by atoms with Crippen LogP contribution in [0, 0.1) is 26.1 Å². The molecule has 2 saturated heterocycles. The molecule has 2 aliphatic rings. The van der Waals surface area contributed by atoms with Crippen LogP contribution in [0.2, 0.25) is 18.1 Å². The van der Waals surface area contributed by atoms with E-state index < -0.39 is 30.2 Å². The molecule has 14 nitrogen and oxygen atoms in total. The molecular weight excluding hydrogens is 685 g/mol. The van der Waals surface area contributed by atoms with Gasteiger partial charge in [0.25, 0.3) is 11.4 Å². The molecule has 50 heavy (non-hydrogen) atoms. The number of nitro benzene ring substituents is 2. The van der Waals surface area contributed by atoms with E-state index in [0.717, 1.165) is 5.56 Å². The van der Waals surface area contributed by atoms with Gasteiger partial charge in [-0.2, -0.15) is 0 Å². The van der Waals surface area contributed by atoms with Crippen molar-refractivity contribution in [3.8, 4) is 0 Å². The number of rotatable bonds is 15. The van der Waals surface area contributed by atoms with Crippen LogP contribution in [0.15, 0.2) is 48.5 Å². The van der Waals surface area contributed by atoms with Crippen molar-refractivity contribution in [2.45, 2.75) is 89.3 Å². The van der Waals surface area contributed by atoms with Gasteiger partial charge in [-0.3, -0.25) is 29.8 Å². The molecule has 2 heterocycles. The van der Waals surface area contributed by atoms with E-state index in [1.807, 2.05) is 6.92 Å². The Labute approximate surface area is 297 Å². The van der Waals surface area contributed by atoms with Gasteiger partial charge in [-0.15, -0.1) is 0 Å². The number of likely N-dealkylation sites (tertiary alicyclic amines) is 2. The number of carbonyl (C=O) groups excluding carboxylic acids is 3. The molecule has 0 N–H and O–H groups in total. The van der Waals surface area contributed by atoms with Gasteiger partial charge in [0.15, 0.2) is 13.4 Å². The Kier molecular flexibility index (Phi) is 12.8. The van der Waals surface area contributed by atoms with Crippen LogP contribution in [-0.4, -0.2) is 88.7 Å². The van der Waals surface area contributed by atoms with Crippen molar-refractivity contribution in [1.29, 1.82) is 0 Å². The fourth-order valence-corrected chi connectivity index (χ4v) is 8.33. The summed E-state index contributed by atoms with van der Waals surface area (Å²) in [4.78, 5) is 63.7. The average Bonchev–Trinajstić information content (AvgIpc) is 3.51. The number of amides is 2. The molecule has 272 valence electrons. The molecule has 0 saturated carbocycles. The Morgan fingerprint density at radius 3 is 2.08 bits per heavy atom. The van der Waals surface area contributed by atoms with E-state index in [1.54, 1.807) is 21.9 Å². The quantitative estimate of drug-likeness (QED) is 0.0660. The van der Waals surface area contributed by atoms with Crippen LogP contribution in [0.3, 0.4) is 0 Å². The van der Waals surface area contributed by atoms with Gasteiger partial charge >= 0.3 is 6.09 Å². The molecule has 0 bridgehead atoms. The van der Waals surface area contributed by atoms with Gasteiger partial charge in [-0.05, 0) is 66.9 Å². The monoisotopic (exact) mass is 730 g/mol. The third kappa shape index (κ3) is 9.89. The maximum atomic E-state index is 13.5. The highest BCUT2D eigenvalue weighted by Gasteiger charge is 2.52. The summed E-state index contributed by atoms with van der Waals surface area (Å²) in [5.41, 5.74) is 1.34. The largest absolute Gasteiger partial charge is 0.445 e. The molecule has 4 rings (SSSR count). The van der Waals surface area contributed by atoms with Crippen molar-refractivity contribution < 1.29 is 38.1 Å². The first-order chi connectivity index (χ1) is 23.5. The van der Waals surface area contributed by atoms with Crippen LogP contribution < -0.4 is 0 Å². The molecule has 2 amide bonds. The molecule has 2 aromatic carbocycles. The second-order valence-corrected chi connectivity index (χ2v) is 20.3.